The summed E-state index contributed by atoms with van der Waals surface area (Å²) >= 11 is 3.51. The smallest absolute Gasteiger partial charge is 0.0639 e. The minimum atomic E-state index is 0.763. The Hall–Kier alpha value is -0.540. The van der Waals surface area contributed by atoms with Gasteiger partial charge < -0.3 is 10.1 Å². The Kier molecular flexibility index (Phi) is 5.73. The molecule has 0 unspecified atom stereocenters. The maximum atomic E-state index is 5.38. The number of ether oxygens (including phenoxy) is 1. The predicted molar refractivity (Wildman–Crippen MR) is 68.5 cm³/mol. The van der Waals surface area contributed by atoms with E-state index in [1.807, 2.05) is 0 Å². The minimum absolute atomic E-state index is 0.763. The van der Waals surface area contributed by atoms with Crippen LogP contribution >= 0.6 is 15.9 Å². The second-order valence-electron chi connectivity index (χ2n) is 3.50. The van der Waals surface area contributed by atoms with Crippen molar-refractivity contribution in [3.8, 4) is 0 Å². The van der Waals surface area contributed by atoms with Crippen LogP contribution in [0.1, 0.15) is 18.9 Å². The highest BCUT2D eigenvalue weighted by Gasteiger charge is 1.96. The van der Waals surface area contributed by atoms with Crippen molar-refractivity contribution >= 4 is 21.6 Å². The van der Waals surface area contributed by atoms with Crippen molar-refractivity contribution in [3.05, 3.63) is 28.2 Å². The van der Waals surface area contributed by atoms with E-state index in [1.165, 1.54) is 5.56 Å². The van der Waals surface area contributed by atoms with Crippen molar-refractivity contribution in [2.45, 2.75) is 20.3 Å². The molecule has 0 bridgehead atoms. The second-order valence-corrected chi connectivity index (χ2v) is 4.36. The lowest BCUT2D eigenvalue weighted by atomic mass is 10.2. The third-order valence-electron chi connectivity index (χ3n) is 2.10. The van der Waals surface area contributed by atoms with Crippen molar-refractivity contribution in [1.29, 1.82) is 0 Å². The molecule has 84 valence electrons. The van der Waals surface area contributed by atoms with E-state index < -0.39 is 0 Å². The normalized spacial score (nSPS) is 10.3. The van der Waals surface area contributed by atoms with Crippen molar-refractivity contribution in [2.24, 2.45) is 0 Å². The molecular formula is C12H18BrNO. The van der Waals surface area contributed by atoms with Crippen LogP contribution in [-0.4, -0.2) is 19.8 Å². The van der Waals surface area contributed by atoms with Crippen molar-refractivity contribution in [3.63, 3.8) is 0 Å². The molecule has 0 aliphatic carbocycles. The molecule has 0 fully saturated rings. The summed E-state index contributed by atoms with van der Waals surface area (Å²) < 4.78 is 6.52. The summed E-state index contributed by atoms with van der Waals surface area (Å²) in [6, 6.07) is 6.27. The molecule has 1 N–H and O–H groups in total. The van der Waals surface area contributed by atoms with Gasteiger partial charge in [-0.05, 0) is 31.0 Å². The Morgan fingerprint density at radius 2 is 2.13 bits per heavy atom. The Morgan fingerprint density at radius 3 is 2.80 bits per heavy atom. The Bertz CT molecular complexity index is 302. The highest BCUT2D eigenvalue weighted by atomic mass is 79.9. The van der Waals surface area contributed by atoms with Gasteiger partial charge in [0.1, 0.15) is 0 Å². The van der Waals surface area contributed by atoms with Crippen LogP contribution < -0.4 is 5.32 Å². The molecule has 0 spiro atoms. The largest absolute Gasteiger partial charge is 0.383 e. The first-order valence-electron chi connectivity index (χ1n) is 5.32. The molecule has 1 rings (SSSR count). The Balaban J connectivity index is 2.28. The van der Waals surface area contributed by atoms with Crippen molar-refractivity contribution < 1.29 is 4.74 Å². The summed E-state index contributed by atoms with van der Waals surface area (Å²) in [5.74, 6) is 0. The number of nitrogens with one attached hydrogen (secondary N) is 1. The molecule has 1 aromatic rings. The van der Waals surface area contributed by atoms with Gasteiger partial charge in [0.05, 0.1) is 6.61 Å². The van der Waals surface area contributed by atoms with E-state index in [0.29, 0.717) is 0 Å². The number of hydrogen-bond acceptors (Lipinski definition) is 2. The van der Waals surface area contributed by atoms with E-state index in [1.54, 1.807) is 0 Å². The van der Waals surface area contributed by atoms with E-state index in [4.69, 9.17) is 4.74 Å². The topological polar surface area (TPSA) is 21.3 Å². The zero-order chi connectivity index (χ0) is 11.1. The molecule has 0 atom stereocenters. The van der Waals surface area contributed by atoms with Crippen LogP contribution in [0.25, 0.3) is 0 Å². The van der Waals surface area contributed by atoms with Crippen LogP contribution in [0, 0.1) is 6.92 Å². The second kappa shape index (κ2) is 6.85. The molecular weight excluding hydrogens is 254 g/mol. The first-order valence-corrected chi connectivity index (χ1v) is 6.11. The average Bonchev–Trinajstić information content (AvgIpc) is 2.23. The third kappa shape index (κ3) is 4.67. The number of halogens is 1. The van der Waals surface area contributed by atoms with E-state index in [-0.39, 0.29) is 0 Å². The molecule has 0 amide bonds. The minimum Gasteiger partial charge on any atom is -0.383 e. The number of rotatable bonds is 6. The predicted octanol–water partition coefficient (Wildman–Crippen LogP) is 3.60. The van der Waals surface area contributed by atoms with Crippen LogP contribution in [0.2, 0.25) is 0 Å². The first kappa shape index (κ1) is 12.5. The lowest BCUT2D eigenvalue weighted by Crippen LogP contribution is -2.09. The maximum absolute atomic E-state index is 5.38. The summed E-state index contributed by atoms with van der Waals surface area (Å²) in [6.45, 7) is 6.66. The van der Waals surface area contributed by atoms with Gasteiger partial charge in [0.2, 0.25) is 0 Å². The van der Waals surface area contributed by atoms with Crippen LogP contribution in [0.3, 0.4) is 0 Å². The third-order valence-corrected chi connectivity index (χ3v) is 2.95. The van der Waals surface area contributed by atoms with E-state index in [2.05, 4.69) is 53.3 Å². The van der Waals surface area contributed by atoms with E-state index in [0.717, 1.165) is 36.3 Å². The molecule has 0 saturated heterocycles. The monoisotopic (exact) mass is 271 g/mol. The van der Waals surface area contributed by atoms with Gasteiger partial charge in [-0.1, -0.05) is 28.9 Å². The molecule has 0 heterocycles. The quantitative estimate of drug-likeness (QED) is 0.799. The van der Waals surface area contributed by atoms with Crippen molar-refractivity contribution in [1.82, 2.24) is 0 Å². The van der Waals surface area contributed by atoms with Crippen LogP contribution in [0.4, 0.5) is 5.69 Å². The van der Waals surface area contributed by atoms with Gasteiger partial charge in [0.15, 0.2) is 0 Å². The summed E-state index contributed by atoms with van der Waals surface area (Å²) in [5.41, 5.74) is 2.38. The van der Waals surface area contributed by atoms with E-state index >= 15 is 0 Å². The number of hydrogen-bond donors (Lipinski definition) is 1. The van der Waals surface area contributed by atoms with Gasteiger partial charge >= 0.3 is 0 Å². The highest BCUT2D eigenvalue weighted by Crippen LogP contribution is 2.20. The Labute approximate surface area is 100 Å². The SMILES string of the molecule is CCCOCCNc1ccc(C)c(Br)c1. The maximum Gasteiger partial charge on any atom is 0.0639 e. The molecule has 1 aromatic carbocycles. The van der Waals surface area contributed by atoms with E-state index in [9.17, 15) is 0 Å². The number of aryl methyl sites for hydroxylation is 1. The highest BCUT2D eigenvalue weighted by molar-refractivity contribution is 9.10. The molecule has 0 aromatic heterocycles. The van der Waals surface area contributed by atoms with Gasteiger partial charge in [-0.25, -0.2) is 0 Å². The summed E-state index contributed by atoms with van der Waals surface area (Å²) in [6.07, 6.45) is 1.08. The fraction of sp³-hybridized carbons (Fsp3) is 0.500. The van der Waals surface area contributed by atoms with Crippen LogP contribution in [0.5, 0.6) is 0 Å². The summed E-state index contributed by atoms with van der Waals surface area (Å²) in [4.78, 5) is 0. The molecule has 0 saturated carbocycles. The fourth-order valence-corrected chi connectivity index (χ4v) is 1.60. The van der Waals surface area contributed by atoms with Gasteiger partial charge in [-0.2, -0.15) is 0 Å². The molecule has 0 aliphatic rings. The van der Waals surface area contributed by atoms with Crippen LogP contribution in [0.15, 0.2) is 22.7 Å². The molecule has 0 radical (unpaired) electrons. The molecule has 3 heteroatoms. The Morgan fingerprint density at radius 1 is 1.33 bits per heavy atom. The molecule has 2 nitrogen and oxygen atoms in total. The lowest BCUT2D eigenvalue weighted by molar-refractivity contribution is 0.144. The lowest BCUT2D eigenvalue weighted by Gasteiger charge is -2.08. The van der Waals surface area contributed by atoms with Gasteiger partial charge in [-0.3, -0.25) is 0 Å². The first-order chi connectivity index (χ1) is 7.24. The van der Waals surface area contributed by atoms with Gasteiger partial charge in [-0.15, -0.1) is 0 Å². The molecule has 0 aliphatic heterocycles. The standard InChI is InChI=1S/C12H18BrNO/c1-3-7-15-8-6-14-11-5-4-10(2)12(13)9-11/h4-5,9,14H,3,6-8H2,1-2H3. The number of benzene rings is 1. The van der Waals surface area contributed by atoms with Crippen molar-refractivity contribution in [2.75, 3.05) is 25.1 Å². The summed E-state index contributed by atoms with van der Waals surface area (Å²) in [7, 11) is 0. The molecule has 15 heavy (non-hydrogen) atoms. The average molecular weight is 272 g/mol. The van der Waals surface area contributed by atoms with Crippen LogP contribution in [-0.2, 0) is 4.74 Å². The zero-order valence-electron chi connectivity index (χ0n) is 9.35. The zero-order valence-corrected chi connectivity index (χ0v) is 10.9. The van der Waals surface area contributed by atoms with Gasteiger partial charge in [0.25, 0.3) is 0 Å². The summed E-state index contributed by atoms with van der Waals surface area (Å²) in [5, 5.41) is 3.32. The number of anilines is 1. The van der Waals surface area contributed by atoms with Gasteiger partial charge in [0, 0.05) is 23.3 Å². The fourth-order valence-electron chi connectivity index (χ4n) is 1.22.